The number of carbonyl (C=O) groups is 3. The first-order valence-corrected chi connectivity index (χ1v) is 10.2. The van der Waals surface area contributed by atoms with Crippen molar-refractivity contribution in [2.24, 2.45) is 5.92 Å². The number of hydrogen-bond acceptors (Lipinski definition) is 4. The normalized spacial score (nSPS) is 18.7. The third-order valence-corrected chi connectivity index (χ3v) is 5.54. The monoisotopic (exact) mass is 413 g/mol. The van der Waals surface area contributed by atoms with Gasteiger partial charge in [-0.25, -0.2) is 4.79 Å². The molecule has 1 aliphatic rings. The Morgan fingerprint density at radius 2 is 1.66 bits per heavy atom. The zero-order valence-electron chi connectivity index (χ0n) is 16.3. The van der Waals surface area contributed by atoms with Crippen molar-refractivity contribution >= 4 is 29.3 Å². The molecule has 0 spiro atoms. The predicted octanol–water partition coefficient (Wildman–Crippen LogP) is 4.42. The van der Waals surface area contributed by atoms with Crippen LogP contribution in [0.4, 0.5) is 0 Å². The number of esters is 1. The molecule has 2 aromatic carbocycles. The minimum absolute atomic E-state index is 0.119. The van der Waals surface area contributed by atoms with Crippen molar-refractivity contribution in [3.05, 3.63) is 70.2 Å². The van der Waals surface area contributed by atoms with Crippen LogP contribution in [0.15, 0.2) is 48.5 Å². The summed E-state index contributed by atoms with van der Waals surface area (Å²) in [6.45, 7) is 1.75. The second kappa shape index (κ2) is 9.70. The molecule has 0 heterocycles. The number of amides is 1. The molecular weight excluding hydrogens is 390 g/mol. The maximum absolute atomic E-state index is 12.8. The van der Waals surface area contributed by atoms with Crippen LogP contribution in [0.5, 0.6) is 0 Å². The molecule has 5 nitrogen and oxygen atoms in total. The van der Waals surface area contributed by atoms with Crippen LogP contribution in [0.3, 0.4) is 0 Å². The molecule has 0 radical (unpaired) electrons. The molecule has 29 heavy (non-hydrogen) atoms. The summed E-state index contributed by atoms with van der Waals surface area (Å²) in [5.41, 5.74) is 0.770. The van der Waals surface area contributed by atoms with E-state index in [2.05, 4.69) is 12.2 Å². The molecule has 0 aliphatic heterocycles. The lowest BCUT2D eigenvalue weighted by atomic mass is 9.86. The quantitative estimate of drug-likeness (QED) is 0.562. The number of rotatable bonds is 6. The van der Waals surface area contributed by atoms with E-state index in [1.54, 1.807) is 42.5 Å². The van der Waals surface area contributed by atoms with Crippen LogP contribution in [0, 0.1) is 5.92 Å². The highest BCUT2D eigenvalue weighted by molar-refractivity contribution is 6.30. The summed E-state index contributed by atoms with van der Waals surface area (Å²) in [5, 5.41) is 3.47. The van der Waals surface area contributed by atoms with Crippen molar-refractivity contribution in [2.75, 3.05) is 6.61 Å². The van der Waals surface area contributed by atoms with E-state index in [0.29, 0.717) is 16.5 Å². The van der Waals surface area contributed by atoms with Gasteiger partial charge in [-0.15, -0.1) is 0 Å². The Hall–Kier alpha value is -2.66. The fourth-order valence-electron chi connectivity index (χ4n) is 3.60. The van der Waals surface area contributed by atoms with E-state index < -0.39 is 5.97 Å². The number of carbonyl (C=O) groups excluding carboxylic acids is 3. The average molecular weight is 414 g/mol. The topological polar surface area (TPSA) is 72.5 Å². The first-order chi connectivity index (χ1) is 14.0. The van der Waals surface area contributed by atoms with E-state index in [9.17, 15) is 14.4 Å². The number of ether oxygens (including phenoxy) is 1. The molecular formula is C23H24ClNO4. The number of halogens is 1. The van der Waals surface area contributed by atoms with Gasteiger partial charge in [-0.2, -0.15) is 0 Å². The van der Waals surface area contributed by atoms with Crippen LogP contribution in [0.1, 0.15) is 58.9 Å². The fourth-order valence-corrected chi connectivity index (χ4v) is 3.73. The van der Waals surface area contributed by atoms with Crippen molar-refractivity contribution in [1.29, 1.82) is 0 Å². The molecule has 0 saturated heterocycles. The lowest BCUT2D eigenvalue weighted by Gasteiger charge is -2.29. The summed E-state index contributed by atoms with van der Waals surface area (Å²) >= 11 is 5.87. The second-order valence-electron chi connectivity index (χ2n) is 7.39. The van der Waals surface area contributed by atoms with Crippen molar-refractivity contribution < 1.29 is 19.1 Å². The summed E-state index contributed by atoms with van der Waals surface area (Å²) in [5.74, 6) is -0.913. The van der Waals surface area contributed by atoms with Gasteiger partial charge in [-0.3, -0.25) is 9.59 Å². The molecule has 6 heteroatoms. The van der Waals surface area contributed by atoms with E-state index >= 15 is 0 Å². The first kappa shape index (κ1) is 21.1. The van der Waals surface area contributed by atoms with Crippen molar-refractivity contribution in [3.63, 3.8) is 0 Å². The largest absolute Gasteiger partial charge is 0.452 e. The van der Waals surface area contributed by atoms with E-state index in [-0.39, 0.29) is 35.5 Å². The van der Waals surface area contributed by atoms with E-state index in [4.69, 9.17) is 16.3 Å². The summed E-state index contributed by atoms with van der Waals surface area (Å²) in [6.07, 6.45) is 4.31. The predicted molar refractivity (Wildman–Crippen MR) is 111 cm³/mol. The summed E-state index contributed by atoms with van der Waals surface area (Å²) in [6, 6.07) is 13.0. The van der Waals surface area contributed by atoms with Crippen molar-refractivity contribution in [3.8, 4) is 0 Å². The van der Waals surface area contributed by atoms with E-state index in [0.717, 1.165) is 19.3 Å². The first-order valence-electron chi connectivity index (χ1n) is 9.81. The van der Waals surface area contributed by atoms with Crippen molar-refractivity contribution in [2.45, 2.75) is 38.6 Å². The highest BCUT2D eigenvalue weighted by Crippen LogP contribution is 2.23. The highest BCUT2D eigenvalue weighted by atomic mass is 35.5. The molecule has 1 fully saturated rings. The SMILES string of the molecule is C[C@@H]1CCCC[C@H]1NC(=O)COC(=O)c1ccccc1C(=O)c1ccc(Cl)cc1. The van der Waals surface area contributed by atoms with Gasteiger partial charge in [0.25, 0.3) is 5.91 Å². The summed E-state index contributed by atoms with van der Waals surface area (Å²) in [4.78, 5) is 37.5. The highest BCUT2D eigenvalue weighted by Gasteiger charge is 2.24. The molecule has 152 valence electrons. The molecule has 1 aliphatic carbocycles. The number of hydrogen-bond donors (Lipinski definition) is 1. The molecule has 2 aromatic rings. The Morgan fingerprint density at radius 3 is 2.34 bits per heavy atom. The smallest absolute Gasteiger partial charge is 0.339 e. The zero-order chi connectivity index (χ0) is 20.8. The Morgan fingerprint density at radius 1 is 1.00 bits per heavy atom. The van der Waals surface area contributed by atoms with Gasteiger partial charge in [0.05, 0.1) is 5.56 Å². The minimum atomic E-state index is -0.699. The Bertz CT molecular complexity index is 894. The van der Waals surface area contributed by atoms with Gasteiger partial charge in [0.1, 0.15) is 0 Å². The fraction of sp³-hybridized carbons (Fsp3) is 0.348. The molecule has 0 aromatic heterocycles. The van der Waals surface area contributed by atoms with Gasteiger partial charge >= 0.3 is 5.97 Å². The van der Waals surface area contributed by atoms with Crippen molar-refractivity contribution in [1.82, 2.24) is 5.32 Å². The van der Waals surface area contributed by atoms with Crippen LogP contribution >= 0.6 is 11.6 Å². The minimum Gasteiger partial charge on any atom is -0.452 e. The Kier molecular flexibility index (Phi) is 7.04. The standard InChI is InChI=1S/C23H24ClNO4/c1-15-6-2-5-9-20(15)25-21(26)14-29-23(28)19-8-4-3-7-18(19)22(27)16-10-12-17(24)13-11-16/h3-4,7-8,10-13,15,20H,2,5-6,9,14H2,1H3,(H,25,26)/t15-,20-/m1/s1. The third kappa shape index (κ3) is 5.45. The summed E-state index contributed by atoms with van der Waals surface area (Å²) < 4.78 is 5.19. The third-order valence-electron chi connectivity index (χ3n) is 5.29. The number of nitrogens with one attached hydrogen (secondary N) is 1. The van der Waals surface area contributed by atoms with Gasteiger partial charge in [0.15, 0.2) is 12.4 Å². The molecule has 0 unspecified atom stereocenters. The van der Waals surface area contributed by atoms with Gasteiger partial charge in [-0.05, 0) is 49.1 Å². The maximum Gasteiger partial charge on any atom is 0.339 e. The second-order valence-corrected chi connectivity index (χ2v) is 7.83. The molecule has 1 saturated carbocycles. The van der Waals surface area contributed by atoms with Crippen LogP contribution in [0.25, 0.3) is 0 Å². The van der Waals surface area contributed by atoms with Gasteiger partial charge in [0, 0.05) is 22.2 Å². The molecule has 1 N–H and O–H groups in total. The van der Waals surface area contributed by atoms with Gasteiger partial charge < -0.3 is 10.1 Å². The average Bonchev–Trinajstić information content (AvgIpc) is 2.74. The van der Waals surface area contributed by atoms with Crippen LogP contribution in [-0.4, -0.2) is 30.3 Å². The van der Waals surface area contributed by atoms with Crippen LogP contribution in [0.2, 0.25) is 5.02 Å². The molecule has 3 rings (SSSR count). The van der Waals surface area contributed by atoms with Crippen LogP contribution < -0.4 is 5.32 Å². The number of ketones is 1. The van der Waals surface area contributed by atoms with Gasteiger partial charge in [-0.1, -0.05) is 49.6 Å². The van der Waals surface area contributed by atoms with E-state index in [1.165, 1.54) is 12.5 Å². The van der Waals surface area contributed by atoms with E-state index in [1.807, 2.05) is 0 Å². The Balaban J connectivity index is 1.64. The summed E-state index contributed by atoms with van der Waals surface area (Å²) in [7, 11) is 0. The van der Waals surface area contributed by atoms with Crippen LogP contribution in [-0.2, 0) is 9.53 Å². The molecule has 0 bridgehead atoms. The lowest BCUT2D eigenvalue weighted by molar-refractivity contribution is -0.125. The molecule has 1 amide bonds. The molecule has 2 atom stereocenters. The maximum atomic E-state index is 12.8. The number of benzene rings is 2. The zero-order valence-corrected chi connectivity index (χ0v) is 17.1. The Labute approximate surface area is 175 Å². The lowest BCUT2D eigenvalue weighted by Crippen LogP contribution is -2.42. The van der Waals surface area contributed by atoms with Gasteiger partial charge in [0.2, 0.25) is 0 Å².